The van der Waals surface area contributed by atoms with E-state index in [2.05, 4.69) is 26.8 Å². The van der Waals surface area contributed by atoms with Crippen molar-refractivity contribution in [2.24, 2.45) is 4.99 Å². The van der Waals surface area contributed by atoms with Crippen LogP contribution in [-0.2, 0) is 9.53 Å². The Morgan fingerprint density at radius 2 is 1.91 bits per heavy atom. The molecule has 0 fully saturated rings. The molecule has 0 radical (unpaired) electrons. The number of hydrogen-bond donors (Lipinski definition) is 1. The molecule has 1 heterocycles. The number of terminal acetylenes is 1. The molecule has 0 saturated carbocycles. The third-order valence-electron chi connectivity index (χ3n) is 4.52. The molecule has 0 bridgehead atoms. The highest BCUT2D eigenvalue weighted by Gasteiger charge is 2.34. The number of ether oxygens (including phenoxy) is 3. The molecule has 0 unspecified atom stereocenters. The van der Waals surface area contributed by atoms with Crippen LogP contribution < -0.4 is 9.47 Å². The van der Waals surface area contributed by atoms with Gasteiger partial charge in [-0.2, -0.15) is 0 Å². The van der Waals surface area contributed by atoms with E-state index in [9.17, 15) is 14.7 Å². The quantitative estimate of drug-likeness (QED) is 0.336. The fourth-order valence-electron chi connectivity index (χ4n) is 3.07. The molecule has 7 nitrogen and oxygen atoms in total. The van der Waals surface area contributed by atoms with Crippen molar-refractivity contribution in [3.05, 3.63) is 74.3 Å². The number of aliphatic imine (C=N–C) groups is 1. The van der Waals surface area contributed by atoms with Crippen molar-refractivity contribution in [3.8, 4) is 23.8 Å². The van der Waals surface area contributed by atoms with E-state index in [4.69, 9.17) is 20.6 Å². The van der Waals surface area contributed by atoms with Crippen molar-refractivity contribution < 1.29 is 28.9 Å². The van der Waals surface area contributed by atoms with E-state index < -0.39 is 11.9 Å². The number of thioether (sulfide) groups is 1. The lowest BCUT2D eigenvalue weighted by Gasteiger charge is -2.13. The number of carbonyl (C=O) groups excluding carboxylic acids is 2. The molecule has 2 aromatic carbocycles. The summed E-state index contributed by atoms with van der Waals surface area (Å²) < 4.78 is 16.9. The van der Waals surface area contributed by atoms with E-state index in [1.165, 1.54) is 0 Å². The maximum atomic E-state index is 12.7. The largest absolute Gasteiger partial charge is 0.506 e. The van der Waals surface area contributed by atoms with Gasteiger partial charge < -0.3 is 19.3 Å². The van der Waals surface area contributed by atoms with Gasteiger partial charge in [-0.15, -0.1) is 6.42 Å². The number of esters is 1. The molecule has 0 atom stereocenters. The third-order valence-corrected chi connectivity index (χ3v) is 6.13. The number of rotatable bonds is 8. The highest BCUT2D eigenvalue weighted by Crippen LogP contribution is 2.42. The molecular formula is C26H22BrNO6S. The van der Waals surface area contributed by atoms with Crippen molar-refractivity contribution in [1.82, 2.24) is 0 Å². The number of aliphatic hydroxyl groups excluding tert-OH is 1. The van der Waals surface area contributed by atoms with Crippen molar-refractivity contribution in [3.63, 3.8) is 0 Å². The summed E-state index contributed by atoms with van der Waals surface area (Å²) in [6, 6.07) is 11.9. The normalized spacial score (nSPS) is 15.3. The number of hydrogen-bond acceptors (Lipinski definition) is 7. The van der Waals surface area contributed by atoms with E-state index in [-0.39, 0.29) is 29.6 Å². The van der Waals surface area contributed by atoms with Gasteiger partial charge in [-0.1, -0.05) is 35.9 Å². The summed E-state index contributed by atoms with van der Waals surface area (Å²) >= 11 is 4.46. The molecule has 0 aromatic heterocycles. The maximum absolute atomic E-state index is 12.7. The minimum absolute atomic E-state index is 0.0547. The predicted octanol–water partition coefficient (Wildman–Crippen LogP) is 5.56. The molecule has 2 aromatic rings. The average molecular weight is 556 g/mol. The first-order valence-corrected chi connectivity index (χ1v) is 12.2. The molecule has 35 heavy (non-hydrogen) atoms. The summed E-state index contributed by atoms with van der Waals surface area (Å²) in [5, 5.41) is 10.9. The molecule has 180 valence electrons. The Bertz CT molecular complexity index is 1260. The Morgan fingerprint density at radius 3 is 2.57 bits per heavy atom. The standard InChI is InChI=1S/C26H22BrNO6S/c1-4-12-34-23-18(27)13-16(14-19(23)32-5-2)15-20-22(29)21(26(31)33-6-3)25(35-20)28-24(30)17-10-8-7-9-11-17/h1,7-11,13-15,29H,5-6,12H2,2-3H3/b20-15-,28-25?. The molecule has 3 rings (SSSR count). The predicted molar refractivity (Wildman–Crippen MR) is 140 cm³/mol. The Labute approximate surface area is 216 Å². The first kappa shape index (κ1) is 26.1. The zero-order chi connectivity index (χ0) is 25.4. The van der Waals surface area contributed by atoms with E-state index in [1.54, 1.807) is 55.5 Å². The topological polar surface area (TPSA) is 94.4 Å². The van der Waals surface area contributed by atoms with E-state index in [0.29, 0.717) is 38.6 Å². The minimum Gasteiger partial charge on any atom is -0.506 e. The van der Waals surface area contributed by atoms with Crippen LogP contribution in [0.3, 0.4) is 0 Å². The van der Waals surface area contributed by atoms with Crippen LogP contribution in [0.15, 0.2) is 68.2 Å². The second-order valence-corrected chi connectivity index (χ2v) is 8.78. The summed E-state index contributed by atoms with van der Waals surface area (Å²) in [5.41, 5.74) is 0.834. The number of aliphatic hydroxyl groups is 1. The first-order valence-electron chi connectivity index (χ1n) is 10.6. The van der Waals surface area contributed by atoms with Gasteiger partial charge in [0, 0.05) is 5.56 Å². The maximum Gasteiger partial charge on any atom is 0.344 e. The van der Waals surface area contributed by atoms with Crippen LogP contribution in [-0.4, -0.2) is 41.8 Å². The molecule has 0 spiro atoms. The first-order chi connectivity index (χ1) is 16.9. The fraction of sp³-hybridized carbons (Fsp3) is 0.192. The Hall–Kier alpha value is -3.48. The van der Waals surface area contributed by atoms with E-state index in [0.717, 1.165) is 11.8 Å². The molecule has 1 N–H and O–H groups in total. The average Bonchev–Trinajstić information content (AvgIpc) is 3.13. The summed E-state index contributed by atoms with van der Waals surface area (Å²) in [4.78, 5) is 29.7. The van der Waals surface area contributed by atoms with E-state index >= 15 is 0 Å². The van der Waals surface area contributed by atoms with Gasteiger partial charge in [0.05, 0.1) is 22.6 Å². The SMILES string of the molecule is C#CCOc1c(Br)cc(/C=C2\SC(=NC(=O)c3ccccc3)C(C(=O)OCC)=C2O)cc1OCC. The van der Waals surface area contributed by atoms with E-state index in [1.807, 2.05) is 6.92 Å². The second kappa shape index (κ2) is 12.3. The number of halogens is 1. The van der Waals surface area contributed by atoms with Crippen LogP contribution >= 0.6 is 27.7 Å². The second-order valence-electron chi connectivity index (χ2n) is 6.90. The van der Waals surface area contributed by atoms with Crippen LogP contribution in [0.25, 0.3) is 6.08 Å². The summed E-state index contributed by atoms with van der Waals surface area (Å²) in [7, 11) is 0. The highest BCUT2D eigenvalue weighted by atomic mass is 79.9. The van der Waals surface area contributed by atoms with Gasteiger partial charge >= 0.3 is 5.97 Å². The van der Waals surface area contributed by atoms with Gasteiger partial charge in [0.25, 0.3) is 5.91 Å². The van der Waals surface area contributed by atoms with Crippen molar-refractivity contribution >= 4 is 50.7 Å². The fourth-order valence-corrected chi connectivity index (χ4v) is 4.66. The minimum atomic E-state index is -0.769. The lowest BCUT2D eigenvalue weighted by Crippen LogP contribution is -2.14. The molecule has 0 aliphatic carbocycles. The van der Waals surface area contributed by atoms with Crippen molar-refractivity contribution in [2.75, 3.05) is 19.8 Å². The molecule has 1 amide bonds. The zero-order valence-corrected chi connectivity index (χ0v) is 21.4. The van der Waals surface area contributed by atoms with Crippen molar-refractivity contribution in [2.45, 2.75) is 13.8 Å². The van der Waals surface area contributed by atoms with Gasteiger partial charge in [-0.25, -0.2) is 9.79 Å². The Kier molecular flexibility index (Phi) is 9.18. The zero-order valence-electron chi connectivity index (χ0n) is 19.0. The summed E-state index contributed by atoms with van der Waals surface area (Å²) in [5.74, 6) is 1.68. The Balaban J connectivity index is 2.04. The summed E-state index contributed by atoms with van der Waals surface area (Å²) in [6.45, 7) is 4.05. The molecule has 9 heteroatoms. The highest BCUT2D eigenvalue weighted by molar-refractivity contribution is 9.10. The third kappa shape index (κ3) is 6.35. The molecule has 1 aliphatic rings. The molecule has 0 saturated heterocycles. The molecule has 1 aliphatic heterocycles. The lowest BCUT2D eigenvalue weighted by atomic mass is 10.1. The van der Waals surface area contributed by atoms with Crippen LogP contribution in [0.1, 0.15) is 29.8 Å². The van der Waals surface area contributed by atoms with Crippen LogP contribution in [0.2, 0.25) is 0 Å². The number of benzene rings is 2. The van der Waals surface area contributed by atoms with Crippen LogP contribution in [0.4, 0.5) is 0 Å². The Morgan fingerprint density at radius 1 is 1.17 bits per heavy atom. The number of carbonyl (C=O) groups is 2. The molecular weight excluding hydrogens is 534 g/mol. The lowest BCUT2D eigenvalue weighted by molar-refractivity contribution is -0.138. The smallest absolute Gasteiger partial charge is 0.344 e. The van der Waals surface area contributed by atoms with Gasteiger partial charge in [-0.3, -0.25) is 4.79 Å². The van der Waals surface area contributed by atoms with Gasteiger partial charge in [0.2, 0.25) is 0 Å². The van der Waals surface area contributed by atoms with Crippen LogP contribution in [0.5, 0.6) is 11.5 Å². The number of nitrogens with zero attached hydrogens (tertiary/aromatic N) is 1. The number of amides is 1. The van der Waals surface area contributed by atoms with Gasteiger partial charge in [-0.05, 0) is 65.7 Å². The van der Waals surface area contributed by atoms with Gasteiger partial charge in [0.15, 0.2) is 11.5 Å². The summed E-state index contributed by atoms with van der Waals surface area (Å²) in [6.07, 6.45) is 6.94. The van der Waals surface area contributed by atoms with Crippen LogP contribution in [0, 0.1) is 12.3 Å². The van der Waals surface area contributed by atoms with Crippen molar-refractivity contribution in [1.29, 1.82) is 0 Å². The monoisotopic (exact) mass is 555 g/mol. The van der Waals surface area contributed by atoms with Gasteiger partial charge in [0.1, 0.15) is 23.0 Å².